The van der Waals surface area contributed by atoms with Crippen LogP contribution in [0.15, 0.2) is 22.9 Å². The van der Waals surface area contributed by atoms with E-state index in [0.717, 1.165) is 20.3 Å². The van der Waals surface area contributed by atoms with Crippen molar-refractivity contribution in [2.24, 2.45) is 5.73 Å². The van der Waals surface area contributed by atoms with E-state index < -0.39 is 0 Å². The van der Waals surface area contributed by atoms with Gasteiger partial charge in [0.25, 0.3) is 0 Å². The molecule has 0 amide bonds. The van der Waals surface area contributed by atoms with Crippen molar-refractivity contribution in [3.8, 4) is 0 Å². The summed E-state index contributed by atoms with van der Waals surface area (Å²) >= 11 is 9.45. The van der Waals surface area contributed by atoms with E-state index in [2.05, 4.69) is 0 Å². The van der Waals surface area contributed by atoms with Crippen molar-refractivity contribution in [1.82, 2.24) is 0 Å². The molecule has 0 saturated carbocycles. The molecule has 2 N–H and O–H groups in total. The van der Waals surface area contributed by atoms with Gasteiger partial charge >= 0.3 is 0 Å². The molecule has 1 atom stereocenters. The Labute approximate surface area is 96.1 Å². The third-order valence-electron chi connectivity index (χ3n) is 2.06. The first kappa shape index (κ1) is 10.2. The number of rotatable bonds is 2. The van der Waals surface area contributed by atoms with Crippen molar-refractivity contribution >= 4 is 34.3 Å². The highest BCUT2D eigenvalue weighted by molar-refractivity contribution is 7.12. The van der Waals surface area contributed by atoms with Crippen molar-refractivity contribution in [3.05, 3.63) is 43.2 Å². The number of halogens is 1. The number of hydrogen-bond acceptors (Lipinski definition) is 3. The summed E-state index contributed by atoms with van der Waals surface area (Å²) in [5.74, 6) is 0. The molecule has 2 aromatic rings. The molecule has 0 bridgehead atoms. The molecule has 0 aliphatic carbocycles. The molecule has 2 heterocycles. The molecule has 0 aliphatic heterocycles. The minimum atomic E-state index is -0.0683. The summed E-state index contributed by atoms with van der Waals surface area (Å²) in [6, 6.07) is 3.98. The molecule has 0 aromatic carbocycles. The van der Waals surface area contributed by atoms with Gasteiger partial charge in [0.15, 0.2) is 0 Å². The van der Waals surface area contributed by atoms with Crippen LogP contribution in [0.2, 0.25) is 5.02 Å². The van der Waals surface area contributed by atoms with Gasteiger partial charge in [-0.05, 0) is 29.3 Å². The summed E-state index contributed by atoms with van der Waals surface area (Å²) in [6.07, 6.45) is 0. The minimum Gasteiger partial charge on any atom is -0.319 e. The standard InChI is InChI=1S/C10H10ClNS2/c1-6-5-14-10(8(6)11)9(12)7-3-2-4-13-7/h2-5,9H,12H2,1H3. The van der Waals surface area contributed by atoms with Crippen molar-refractivity contribution in [3.63, 3.8) is 0 Å². The van der Waals surface area contributed by atoms with E-state index in [0.29, 0.717) is 0 Å². The Balaban J connectivity index is 2.36. The van der Waals surface area contributed by atoms with Crippen molar-refractivity contribution in [2.75, 3.05) is 0 Å². The van der Waals surface area contributed by atoms with Crippen molar-refractivity contribution in [2.45, 2.75) is 13.0 Å². The maximum Gasteiger partial charge on any atom is 0.0755 e. The van der Waals surface area contributed by atoms with Crippen LogP contribution in [0.4, 0.5) is 0 Å². The fourth-order valence-electron chi connectivity index (χ4n) is 1.26. The topological polar surface area (TPSA) is 26.0 Å². The maximum atomic E-state index is 6.16. The van der Waals surface area contributed by atoms with E-state index in [1.807, 2.05) is 29.8 Å². The molecule has 14 heavy (non-hydrogen) atoms. The number of thiophene rings is 2. The molecular formula is C10H10ClNS2. The third-order valence-corrected chi connectivity index (χ3v) is 4.81. The van der Waals surface area contributed by atoms with Gasteiger partial charge in [-0.2, -0.15) is 0 Å². The lowest BCUT2D eigenvalue weighted by Crippen LogP contribution is -2.08. The summed E-state index contributed by atoms with van der Waals surface area (Å²) in [7, 11) is 0. The molecule has 0 radical (unpaired) electrons. The Kier molecular flexibility index (Phi) is 2.93. The molecule has 74 valence electrons. The van der Waals surface area contributed by atoms with E-state index >= 15 is 0 Å². The Morgan fingerprint density at radius 2 is 2.21 bits per heavy atom. The molecule has 0 aliphatic rings. The Hall–Kier alpha value is -0.350. The first-order chi connectivity index (χ1) is 6.70. The lowest BCUT2D eigenvalue weighted by atomic mass is 10.2. The lowest BCUT2D eigenvalue weighted by Gasteiger charge is -2.07. The van der Waals surface area contributed by atoms with E-state index in [9.17, 15) is 0 Å². The molecule has 0 saturated heterocycles. The zero-order valence-electron chi connectivity index (χ0n) is 7.66. The summed E-state index contributed by atoms with van der Waals surface area (Å²) in [6.45, 7) is 2.00. The third kappa shape index (κ3) is 1.73. The van der Waals surface area contributed by atoms with E-state index in [1.54, 1.807) is 22.7 Å². The molecule has 2 rings (SSSR count). The normalized spacial score (nSPS) is 13.1. The smallest absolute Gasteiger partial charge is 0.0755 e. The SMILES string of the molecule is Cc1csc(C(N)c2cccs2)c1Cl. The minimum absolute atomic E-state index is 0.0683. The van der Waals surface area contributed by atoms with Gasteiger partial charge in [0, 0.05) is 9.75 Å². The van der Waals surface area contributed by atoms with Crippen LogP contribution in [0.3, 0.4) is 0 Å². The molecule has 1 unspecified atom stereocenters. The predicted octanol–water partition coefficient (Wildman–Crippen LogP) is 3.82. The van der Waals surface area contributed by atoms with Crippen LogP contribution >= 0.6 is 34.3 Å². The zero-order chi connectivity index (χ0) is 10.1. The fraction of sp³-hybridized carbons (Fsp3) is 0.200. The highest BCUT2D eigenvalue weighted by Crippen LogP contribution is 2.35. The van der Waals surface area contributed by atoms with E-state index in [-0.39, 0.29) is 6.04 Å². The Bertz CT molecular complexity index is 419. The van der Waals surface area contributed by atoms with Crippen LogP contribution in [0, 0.1) is 6.92 Å². The largest absolute Gasteiger partial charge is 0.319 e. The summed E-state index contributed by atoms with van der Waals surface area (Å²) in [5.41, 5.74) is 7.22. The second-order valence-electron chi connectivity index (χ2n) is 3.09. The van der Waals surface area contributed by atoms with Crippen molar-refractivity contribution < 1.29 is 0 Å². The predicted molar refractivity (Wildman–Crippen MR) is 64.4 cm³/mol. The van der Waals surface area contributed by atoms with Crippen LogP contribution in [-0.4, -0.2) is 0 Å². The first-order valence-corrected chi connectivity index (χ1v) is 6.36. The summed E-state index contributed by atoms with van der Waals surface area (Å²) < 4.78 is 0. The molecular weight excluding hydrogens is 234 g/mol. The van der Waals surface area contributed by atoms with Gasteiger partial charge in [0.1, 0.15) is 0 Å². The van der Waals surface area contributed by atoms with Crippen LogP contribution in [0.1, 0.15) is 21.4 Å². The number of nitrogens with two attached hydrogens (primary N) is 1. The molecule has 0 spiro atoms. The van der Waals surface area contributed by atoms with Crippen LogP contribution < -0.4 is 5.73 Å². The second kappa shape index (κ2) is 4.03. The lowest BCUT2D eigenvalue weighted by molar-refractivity contribution is 0.916. The number of aryl methyl sites for hydroxylation is 1. The highest BCUT2D eigenvalue weighted by Gasteiger charge is 2.16. The van der Waals surface area contributed by atoms with Gasteiger partial charge in [0.2, 0.25) is 0 Å². The average Bonchev–Trinajstić information content (AvgIpc) is 2.77. The maximum absolute atomic E-state index is 6.16. The van der Waals surface area contributed by atoms with Gasteiger partial charge in [-0.15, -0.1) is 22.7 Å². The van der Waals surface area contributed by atoms with Crippen LogP contribution in [-0.2, 0) is 0 Å². The Morgan fingerprint density at radius 1 is 1.43 bits per heavy atom. The van der Waals surface area contributed by atoms with Crippen LogP contribution in [0.5, 0.6) is 0 Å². The van der Waals surface area contributed by atoms with Crippen LogP contribution in [0.25, 0.3) is 0 Å². The Morgan fingerprint density at radius 3 is 2.71 bits per heavy atom. The quantitative estimate of drug-likeness (QED) is 0.853. The van der Waals surface area contributed by atoms with Gasteiger partial charge in [0.05, 0.1) is 11.1 Å². The molecule has 2 aromatic heterocycles. The first-order valence-electron chi connectivity index (χ1n) is 4.22. The molecule has 1 nitrogen and oxygen atoms in total. The molecule has 0 fully saturated rings. The van der Waals surface area contributed by atoms with Crippen molar-refractivity contribution in [1.29, 1.82) is 0 Å². The van der Waals surface area contributed by atoms with Gasteiger partial charge in [-0.1, -0.05) is 17.7 Å². The highest BCUT2D eigenvalue weighted by atomic mass is 35.5. The second-order valence-corrected chi connectivity index (χ2v) is 5.36. The van der Waals surface area contributed by atoms with Gasteiger partial charge < -0.3 is 5.73 Å². The van der Waals surface area contributed by atoms with E-state index in [1.165, 1.54) is 0 Å². The van der Waals surface area contributed by atoms with Gasteiger partial charge in [-0.25, -0.2) is 0 Å². The average molecular weight is 244 g/mol. The number of hydrogen-bond donors (Lipinski definition) is 1. The fourth-order valence-corrected chi connectivity index (χ4v) is 3.40. The zero-order valence-corrected chi connectivity index (χ0v) is 10.0. The van der Waals surface area contributed by atoms with E-state index in [4.69, 9.17) is 17.3 Å². The monoisotopic (exact) mass is 243 g/mol. The summed E-state index contributed by atoms with van der Waals surface area (Å²) in [4.78, 5) is 2.22. The summed E-state index contributed by atoms with van der Waals surface area (Å²) in [5, 5.41) is 4.89. The molecule has 4 heteroatoms. The van der Waals surface area contributed by atoms with Gasteiger partial charge in [-0.3, -0.25) is 0 Å².